The van der Waals surface area contributed by atoms with Crippen molar-refractivity contribution in [3.8, 4) is 11.5 Å². The van der Waals surface area contributed by atoms with Gasteiger partial charge in [0.25, 0.3) is 0 Å². The van der Waals surface area contributed by atoms with Gasteiger partial charge in [0.1, 0.15) is 5.82 Å². The van der Waals surface area contributed by atoms with Crippen LogP contribution in [0, 0.1) is 0 Å². The average molecular weight is 413 g/mol. The lowest BCUT2D eigenvalue weighted by atomic mass is 10.1. The third-order valence-electron chi connectivity index (χ3n) is 5.31. The number of carbonyl (C=O) groups excluding carboxylic acids is 2. The smallest absolute Gasteiger partial charge is 0.229 e. The standard InChI is InChI=1S/C21H27N5O4/c1-12-8-19(27)24-21(22-12)26-18(11-15(25-26)14-5-6-14)23-20(28)10-13-4-7-16(29-2)17(9-13)30-3/h4,7,9,11-12,14,21-22H,5-6,8,10H2,1-3H3,(H,23,28)(H,24,27). The Balaban J connectivity index is 1.52. The summed E-state index contributed by atoms with van der Waals surface area (Å²) in [6.07, 6.45) is 2.28. The van der Waals surface area contributed by atoms with Crippen molar-refractivity contribution in [2.75, 3.05) is 19.5 Å². The first-order chi connectivity index (χ1) is 14.5. The molecule has 2 amide bonds. The molecule has 2 heterocycles. The van der Waals surface area contributed by atoms with E-state index in [0.717, 1.165) is 24.1 Å². The Morgan fingerprint density at radius 2 is 2.00 bits per heavy atom. The van der Waals surface area contributed by atoms with Crippen molar-refractivity contribution < 1.29 is 19.1 Å². The highest BCUT2D eigenvalue weighted by atomic mass is 16.5. The van der Waals surface area contributed by atoms with Gasteiger partial charge in [0.15, 0.2) is 17.8 Å². The average Bonchev–Trinajstić information content (AvgIpc) is 3.48. The number of ether oxygens (including phenoxy) is 2. The fraction of sp³-hybridized carbons (Fsp3) is 0.476. The van der Waals surface area contributed by atoms with Gasteiger partial charge in [-0.2, -0.15) is 5.10 Å². The first-order valence-corrected chi connectivity index (χ1v) is 10.1. The predicted octanol–water partition coefficient (Wildman–Crippen LogP) is 1.91. The second-order valence-corrected chi connectivity index (χ2v) is 7.83. The molecule has 1 saturated carbocycles. The highest BCUT2D eigenvalue weighted by Crippen LogP contribution is 2.40. The molecule has 1 aromatic carbocycles. The lowest BCUT2D eigenvalue weighted by Crippen LogP contribution is -2.52. The van der Waals surface area contributed by atoms with E-state index in [1.807, 2.05) is 19.1 Å². The molecule has 9 nitrogen and oxygen atoms in total. The highest BCUT2D eigenvalue weighted by molar-refractivity contribution is 5.91. The minimum atomic E-state index is -0.495. The summed E-state index contributed by atoms with van der Waals surface area (Å²) in [4.78, 5) is 24.8. The van der Waals surface area contributed by atoms with Crippen LogP contribution in [0.25, 0.3) is 0 Å². The van der Waals surface area contributed by atoms with Gasteiger partial charge in [0.2, 0.25) is 11.8 Å². The second kappa shape index (κ2) is 8.35. The fourth-order valence-electron chi connectivity index (χ4n) is 3.64. The van der Waals surface area contributed by atoms with Crippen LogP contribution in [0.4, 0.5) is 5.82 Å². The molecule has 9 heteroatoms. The van der Waals surface area contributed by atoms with Crippen LogP contribution < -0.4 is 25.4 Å². The van der Waals surface area contributed by atoms with Gasteiger partial charge in [-0.25, -0.2) is 4.68 Å². The van der Waals surface area contributed by atoms with Gasteiger partial charge in [-0.15, -0.1) is 0 Å². The first-order valence-electron chi connectivity index (χ1n) is 10.1. The predicted molar refractivity (Wildman–Crippen MR) is 110 cm³/mol. The number of amides is 2. The lowest BCUT2D eigenvalue weighted by Gasteiger charge is -2.30. The number of nitrogens with one attached hydrogen (secondary N) is 3. The summed E-state index contributed by atoms with van der Waals surface area (Å²) in [5.41, 5.74) is 1.74. The zero-order chi connectivity index (χ0) is 21.3. The van der Waals surface area contributed by atoms with Crippen LogP contribution in [0.5, 0.6) is 11.5 Å². The number of methoxy groups -OCH3 is 2. The highest BCUT2D eigenvalue weighted by Gasteiger charge is 2.31. The summed E-state index contributed by atoms with van der Waals surface area (Å²) in [5, 5.41) is 13.8. The SMILES string of the molecule is COc1ccc(CC(=O)Nc2cc(C3CC3)nn2C2NC(=O)CC(C)N2)cc1OC. The summed E-state index contributed by atoms with van der Waals surface area (Å²) < 4.78 is 12.2. The lowest BCUT2D eigenvalue weighted by molar-refractivity contribution is -0.125. The molecule has 2 unspecified atom stereocenters. The van der Waals surface area contributed by atoms with E-state index in [1.54, 1.807) is 31.0 Å². The zero-order valence-electron chi connectivity index (χ0n) is 17.4. The van der Waals surface area contributed by atoms with Gasteiger partial charge < -0.3 is 20.1 Å². The molecule has 1 aliphatic heterocycles. The van der Waals surface area contributed by atoms with Gasteiger partial charge in [0.05, 0.1) is 26.3 Å². The summed E-state index contributed by atoms with van der Waals surface area (Å²) in [6, 6.07) is 7.32. The van der Waals surface area contributed by atoms with Crippen LogP contribution in [0.15, 0.2) is 24.3 Å². The summed E-state index contributed by atoms with van der Waals surface area (Å²) in [7, 11) is 3.13. The molecule has 0 radical (unpaired) electrons. The molecule has 1 saturated heterocycles. The van der Waals surface area contributed by atoms with E-state index in [1.165, 1.54) is 0 Å². The summed E-state index contributed by atoms with van der Waals surface area (Å²) >= 11 is 0. The fourth-order valence-corrected chi connectivity index (χ4v) is 3.64. The van der Waals surface area contributed by atoms with E-state index in [9.17, 15) is 9.59 Å². The van der Waals surface area contributed by atoms with E-state index >= 15 is 0 Å². The van der Waals surface area contributed by atoms with Gasteiger partial charge >= 0.3 is 0 Å². The van der Waals surface area contributed by atoms with Crippen LogP contribution in [0.1, 0.15) is 49.7 Å². The molecule has 2 atom stereocenters. The van der Waals surface area contributed by atoms with Crippen molar-refractivity contribution in [3.63, 3.8) is 0 Å². The summed E-state index contributed by atoms with van der Waals surface area (Å²) in [5.74, 6) is 1.95. The van der Waals surface area contributed by atoms with Crippen molar-refractivity contribution in [3.05, 3.63) is 35.5 Å². The number of anilines is 1. The Kier molecular flexibility index (Phi) is 5.63. The maximum Gasteiger partial charge on any atom is 0.229 e. The van der Waals surface area contributed by atoms with Crippen LogP contribution in [-0.4, -0.2) is 41.9 Å². The van der Waals surface area contributed by atoms with Gasteiger partial charge in [0, 0.05) is 24.4 Å². The third-order valence-corrected chi connectivity index (χ3v) is 5.31. The largest absolute Gasteiger partial charge is 0.493 e. The van der Waals surface area contributed by atoms with E-state index in [-0.39, 0.29) is 24.3 Å². The maximum absolute atomic E-state index is 12.8. The van der Waals surface area contributed by atoms with Gasteiger partial charge in [-0.3, -0.25) is 14.9 Å². The van der Waals surface area contributed by atoms with Crippen LogP contribution >= 0.6 is 0 Å². The normalized spacial score (nSPS) is 21.1. The molecular weight excluding hydrogens is 386 g/mol. The Morgan fingerprint density at radius 3 is 2.67 bits per heavy atom. The topological polar surface area (TPSA) is 107 Å². The maximum atomic E-state index is 12.8. The molecule has 1 aromatic heterocycles. The van der Waals surface area contributed by atoms with E-state index in [4.69, 9.17) is 9.47 Å². The van der Waals surface area contributed by atoms with Crippen molar-refractivity contribution in [1.29, 1.82) is 0 Å². The molecule has 2 aromatic rings. The summed E-state index contributed by atoms with van der Waals surface area (Å²) in [6.45, 7) is 1.95. The monoisotopic (exact) mass is 413 g/mol. The zero-order valence-corrected chi connectivity index (χ0v) is 17.4. The minimum Gasteiger partial charge on any atom is -0.493 e. The molecule has 160 valence electrons. The van der Waals surface area contributed by atoms with Crippen molar-refractivity contribution in [2.45, 2.75) is 50.9 Å². The number of carbonyl (C=O) groups is 2. The molecule has 2 aliphatic rings. The quantitative estimate of drug-likeness (QED) is 0.640. The minimum absolute atomic E-state index is 0.0210. The van der Waals surface area contributed by atoms with E-state index in [0.29, 0.717) is 29.7 Å². The molecule has 30 heavy (non-hydrogen) atoms. The Labute approximate surface area is 175 Å². The van der Waals surface area contributed by atoms with Crippen molar-refractivity contribution in [1.82, 2.24) is 20.4 Å². The number of benzene rings is 1. The molecule has 0 spiro atoms. The number of aromatic nitrogens is 2. The van der Waals surface area contributed by atoms with Crippen LogP contribution in [0.2, 0.25) is 0 Å². The number of hydrogen-bond donors (Lipinski definition) is 3. The molecule has 4 rings (SSSR count). The van der Waals surface area contributed by atoms with E-state index < -0.39 is 6.29 Å². The number of nitrogens with zero attached hydrogens (tertiary/aromatic N) is 2. The molecule has 2 fully saturated rings. The van der Waals surface area contributed by atoms with Crippen LogP contribution in [0.3, 0.4) is 0 Å². The number of hydrogen-bond acceptors (Lipinski definition) is 6. The Morgan fingerprint density at radius 1 is 1.23 bits per heavy atom. The van der Waals surface area contributed by atoms with Crippen molar-refractivity contribution >= 4 is 17.6 Å². The van der Waals surface area contributed by atoms with Gasteiger partial charge in [-0.05, 0) is 37.5 Å². The molecule has 1 aliphatic carbocycles. The molecule has 0 bridgehead atoms. The molecular formula is C21H27N5O4. The number of rotatable bonds is 7. The second-order valence-electron chi connectivity index (χ2n) is 7.83. The van der Waals surface area contributed by atoms with E-state index in [2.05, 4.69) is 21.0 Å². The third kappa shape index (κ3) is 4.40. The first kappa shape index (κ1) is 20.2. The van der Waals surface area contributed by atoms with Crippen molar-refractivity contribution in [2.24, 2.45) is 0 Å². The van der Waals surface area contributed by atoms with Gasteiger partial charge in [-0.1, -0.05) is 6.07 Å². The Bertz CT molecular complexity index is 953. The molecule has 3 N–H and O–H groups in total. The Hall–Kier alpha value is -3.07. The van der Waals surface area contributed by atoms with Crippen LogP contribution in [-0.2, 0) is 16.0 Å².